The molecule has 1 heterocycles. The van der Waals surface area contributed by atoms with Crippen molar-refractivity contribution in [3.8, 4) is 5.75 Å². The van der Waals surface area contributed by atoms with E-state index < -0.39 is 5.92 Å². The number of halogens is 2. The van der Waals surface area contributed by atoms with E-state index in [0.29, 0.717) is 6.61 Å². The summed E-state index contributed by atoms with van der Waals surface area (Å²) in [5, 5.41) is 0. The average Bonchev–Trinajstić information content (AvgIpc) is 2.28. The van der Waals surface area contributed by atoms with E-state index in [-0.39, 0.29) is 12.0 Å². The fraction of sp³-hybridized carbons (Fsp3) is 0.500. The second-order valence-corrected chi connectivity index (χ2v) is 3.83. The molecule has 0 aromatic heterocycles. The molecule has 1 aliphatic heterocycles. The molecular formula is C12H14F2O. The predicted octanol–water partition coefficient (Wildman–Crippen LogP) is 3.51. The summed E-state index contributed by atoms with van der Waals surface area (Å²) < 4.78 is 32.2. The molecule has 3 heteroatoms. The molecule has 1 nitrogen and oxygen atoms in total. The second-order valence-electron chi connectivity index (χ2n) is 3.83. The van der Waals surface area contributed by atoms with Crippen molar-refractivity contribution in [3.05, 3.63) is 29.3 Å². The van der Waals surface area contributed by atoms with Crippen molar-refractivity contribution in [1.29, 1.82) is 0 Å². The molecule has 2 rings (SSSR count). The van der Waals surface area contributed by atoms with Gasteiger partial charge < -0.3 is 4.74 Å². The number of benzene rings is 1. The van der Waals surface area contributed by atoms with Gasteiger partial charge in [0.1, 0.15) is 5.75 Å². The van der Waals surface area contributed by atoms with Crippen LogP contribution in [-0.2, 0) is 12.3 Å². The number of hydrogen-bond donors (Lipinski definition) is 0. The van der Waals surface area contributed by atoms with E-state index in [4.69, 9.17) is 4.74 Å². The Morgan fingerprint density at radius 2 is 2.20 bits per heavy atom. The van der Waals surface area contributed by atoms with Crippen LogP contribution in [0.2, 0.25) is 0 Å². The minimum absolute atomic E-state index is 0.106. The van der Waals surface area contributed by atoms with Crippen molar-refractivity contribution in [2.24, 2.45) is 0 Å². The molecule has 0 amide bonds. The van der Waals surface area contributed by atoms with E-state index in [2.05, 4.69) is 0 Å². The van der Waals surface area contributed by atoms with Crippen LogP contribution in [0.15, 0.2) is 18.2 Å². The summed E-state index contributed by atoms with van der Waals surface area (Å²) in [6, 6.07) is 4.71. The topological polar surface area (TPSA) is 9.23 Å². The molecule has 82 valence electrons. The average molecular weight is 212 g/mol. The van der Waals surface area contributed by atoms with Gasteiger partial charge in [0.05, 0.1) is 6.61 Å². The molecule has 15 heavy (non-hydrogen) atoms. The van der Waals surface area contributed by atoms with Gasteiger partial charge in [-0.2, -0.15) is 0 Å². The Bertz CT molecular complexity index is 361. The molecule has 0 bridgehead atoms. The lowest BCUT2D eigenvalue weighted by Gasteiger charge is -2.20. The number of rotatable bonds is 2. The molecule has 1 aromatic carbocycles. The Hall–Kier alpha value is -1.12. The summed E-state index contributed by atoms with van der Waals surface area (Å²) in [5.74, 6) is -1.95. The SMILES string of the molecule is CCC(F)(F)c1ccc2c(c1)CCCO2. The maximum absolute atomic E-state index is 13.4. The summed E-state index contributed by atoms with van der Waals surface area (Å²) >= 11 is 0. The van der Waals surface area contributed by atoms with Crippen molar-refractivity contribution in [3.63, 3.8) is 0 Å². The Kier molecular flexibility index (Phi) is 2.63. The third-order valence-electron chi connectivity index (χ3n) is 2.77. The van der Waals surface area contributed by atoms with Crippen LogP contribution in [0, 0.1) is 0 Å². The first-order valence-corrected chi connectivity index (χ1v) is 5.27. The number of hydrogen-bond acceptors (Lipinski definition) is 1. The molecular weight excluding hydrogens is 198 g/mol. The van der Waals surface area contributed by atoms with Gasteiger partial charge in [-0.3, -0.25) is 0 Å². The number of ether oxygens (including phenoxy) is 1. The summed E-state index contributed by atoms with van der Waals surface area (Å²) in [4.78, 5) is 0. The molecule has 0 saturated carbocycles. The van der Waals surface area contributed by atoms with E-state index in [9.17, 15) is 8.78 Å². The van der Waals surface area contributed by atoms with E-state index in [0.717, 1.165) is 24.2 Å². The van der Waals surface area contributed by atoms with E-state index >= 15 is 0 Å². The standard InChI is InChI=1S/C12H14F2O/c1-2-12(13,14)10-5-6-11-9(8-10)4-3-7-15-11/h5-6,8H,2-4,7H2,1H3. The lowest BCUT2D eigenvalue weighted by Crippen LogP contribution is -2.14. The second kappa shape index (κ2) is 3.80. The lowest BCUT2D eigenvalue weighted by atomic mass is 9.99. The van der Waals surface area contributed by atoms with Gasteiger partial charge >= 0.3 is 0 Å². The van der Waals surface area contributed by atoms with Crippen molar-refractivity contribution < 1.29 is 13.5 Å². The Morgan fingerprint density at radius 3 is 2.93 bits per heavy atom. The molecule has 1 aliphatic rings. The van der Waals surface area contributed by atoms with E-state index in [1.54, 1.807) is 12.1 Å². The van der Waals surface area contributed by atoms with Gasteiger partial charge in [0.25, 0.3) is 5.92 Å². The van der Waals surface area contributed by atoms with E-state index in [1.165, 1.54) is 13.0 Å². The minimum atomic E-state index is -2.72. The van der Waals surface area contributed by atoms with Gasteiger partial charge in [0, 0.05) is 12.0 Å². The first-order chi connectivity index (χ1) is 7.13. The quantitative estimate of drug-likeness (QED) is 0.728. The molecule has 0 spiro atoms. The molecule has 0 N–H and O–H groups in total. The fourth-order valence-corrected chi connectivity index (χ4v) is 1.79. The fourth-order valence-electron chi connectivity index (χ4n) is 1.79. The molecule has 0 unspecified atom stereocenters. The molecule has 0 saturated heterocycles. The molecule has 0 fully saturated rings. The molecule has 0 atom stereocenters. The Morgan fingerprint density at radius 1 is 1.40 bits per heavy atom. The van der Waals surface area contributed by atoms with Crippen LogP contribution >= 0.6 is 0 Å². The van der Waals surface area contributed by atoms with Gasteiger partial charge in [0.15, 0.2) is 0 Å². The van der Waals surface area contributed by atoms with Crippen molar-refractivity contribution >= 4 is 0 Å². The number of fused-ring (bicyclic) bond motifs is 1. The summed E-state index contributed by atoms with van der Waals surface area (Å²) in [7, 11) is 0. The third-order valence-corrected chi connectivity index (χ3v) is 2.77. The maximum Gasteiger partial charge on any atom is 0.273 e. The van der Waals surface area contributed by atoms with Gasteiger partial charge in [-0.15, -0.1) is 0 Å². The van der Waals surface area contributed by atoms with Gasteiger partial charge in [0.2, 0.25) is 0 Å². The smallest absolute Gasteiger partial charge is 0.273 e. The normalized spacial score (nSPS) is 15.7. The third kappa shape index (κ3) is 1.96. The van der Waals surface area contributed by atoms with Crippen LogP contribution in [0.3, 0.4) is 0 Å². The number of aryl methyl sites for hydroxylation is 1. The molecule has 0 aliphatic carbocycles. The summed E-state index contributed by atoms with van der Waals surface area (Å²) in [6.07, 6.45) is 1.59. The van der Waals surface area contributed by atoms with E-state index in [1.807, 2.05) is 0 Å². The Labute approximate surface area is 88.1 Å². The van der Waals surface area contributed by atoms with Crippen LogP contribution in [-0.4, -0.2) is 6.61 Å². The summed E-state index contributed by atoms with van der Waals surface area (Å²) in [6.45, 7) is 2.19. The highest BCUT2D eigenvalue weighted by Gasteiger charge is 2.29. The predicted molar refractivity (Wildman–Crippen MR) is 54.4 cm³/mol. The van der Waals surface area contributed by atoms with Crippen LogP contribution < -0.4 is 4.74 Å². The number of alkyl halides is 2. The zero-order valence-corrected chi connectivity index (χ0v) is 8.72. The summed E-state index contributed by atoms with van der Waals surface area (Å²) in [5.41, 5.74) is 1.01. The largest absolute Gasteiger partial charge is 0.493 e. The highest BCUT2D eigenvalue weighted by molar-refractivity contribution is 5.39. The van der Waals surface area contributed by atoms with Crippen molar-refractivity contribution in [1.82, 2.24) is 0 Å². The first-order valence-electron chi connectivity index (χ1n) is 5.27. The maximum atomic E-state index is 13.4. The lowest BCUT2D eigenvalue weighted by molar-refractivity contribution is -0.00843. The van der Waals surface area contributed by atoms with Gasteiger partial charge in [-0.1, -0.05) is 6.92 Å². The Balaban J connectivity index is 2.36. The highest BCUT2D eigenvalue weighted by atomic mass is 19.3. The van der Waals surface area contributed by atoms with Crippen LogP contribution in [0.5, 0.6) is 5.75 Å². The van der Waals surface area contributed by atoms with Gasteiger partial charge in [-0.05, 0) is 36.6 Å². The van der Waals surface area contributed by atoms with Crippen LogP contribution in [0.25, 0.3) is 0 Å². The zero-order valence-electron chi connectivity index (χ0n) is 8.72. The highest BCUT2D eigenvalue weighted by Crippen LogP contribution is 2.35. The van der Waals surface area contributed by atoms with Crippen molar-refractivity contribution in [2.45, 2.75) is 32.1 Å². The first kappa shape index (κ1) is 10.4. The zero-order chi connectivity index (χ0) is 10.9. The minimum Gasteiger partial charge on any atom is -0.493 e. The van der Waals surface area contributed by atoms with Crippen molar-refractivity contribution in [2.75, 3.05) is 6.61 Å². The molecule has 0 radical (unpaired) electrons. The van der Waals surface area contributed by atoms with Crippen LogP contribution in [0.4, 0.5) is 8.78 Å². The monoisotopic (exact) mass is 212 g/mol. The molecule has 1 aromatic rings. The van der Waals surface area contributed by atoms with Gasteiger partial charge in [-0.25, -0.2) is 8.78 Å². The van der Waals surface area contributed by atoms with Crippen LogP contribution in [0.1, 0.15) is 30.9 Å².